The van der Waals surface area contributed by atoms with E-state index in [1.54, 1.807) is 11.3 Å². The molecule has 3 N–H and O–H groups in total. The number of aromatic nitrogens is 5. The summed E-state index contributed by atoms with van der Waals surface area (Å²) >= 11 is 0. The van der Waals surface area contributed by atoms with Gasteiger partial charge in [0.05, 0.1) is 17.8 Å². The van der Waals surface area contributed by atoms with Gasteiger partial charge >= 0.3 is 11.8 Å². The van der Waals surface area contributed by atoms with E-state index < -0.39 is 12.1 Å². The number of carbonyl (C=O) groups is 2. The number of likely N-dealkylation sites (tertiary alicyclic amines) is 1. The van der Waals surface area contributed by atoms with Crippen molar-refractivity contribution in [3.8, 4) is 11.4 Å². The second-order valence-electron chi connectivity index (χ2n) is 13.2. The summed E-state index contributed by atoms with van der Waals surface area (Å²) in [5, 5.41) is 17.0. The van der Waals surface area contributed by atoms with E-state index in [0.717, 1.165) is 61.1 Å². The van der Waals surface area contributed by atoms with Crippen molar-refractivity contribution in [3.63, 3.8) is 0 Å². The summed E-state index contributed by atoms with van der Waals surface area (Å²) in [6.07, 6.45) is 4.90. The number of nitrogens with zero attached hydrogens (tertiary/aromatic N) is 7. The summed E-state index contributed by atoms with van der Waals surface area (Å²) in [6.45, 7) is 6.01. The van der Waals surface area contributed by atoms with Crippen LogP contribution < -0.4 is 11.0 Å². The molecule has 0 spiro atoms. The molecule has 2 aromatic heterocycles. The van der Waals surface area contributed by atoms with E-state index in [0.29, 0.717) is 57.3 Å². The molecule has 7 rings (SSSR count). The van der Waals surface area contributed by atoms with Crippen LogP contribution in [0.2, 0.25) is 0 Å². The molecule has 3 saturated heterocycles. The normalized spacial score (nSPS) is 19.8. The number of carbonyl (C=O) groups excluding carboxylic acids is 2. The van der Waals surface area contributed by atoms with Crippen molar-refractivity contribution in [2.75, 3.05) is 59.4 Å². The number of fused-ring (bicyclic) bond motifs is 1. The van der Waals surface area contributed by atoms with E-state index in [9.17, 15) is 14.4 Å². The Morgan fingerprint density at radius 3 is 2.42 bits per heavy atom. The van der Waals surface area contributed by atoms with Gasteiger partial charge in [-0.3, -0.25) is 19.8 Å². The van der Waals surface area contributed by atoms with Gasteiger partial charge in [-0.2, -0.15) is 5.10 Å². The van der Waals surface area contributed by atoms with E-state index in [1.165, 1.54) is 4.68 Å². The molecular weight excluding hydrogens is 612 g/mol. The van der Waals surface area contributed by atoms with Crippen LogP contribution in [-0.4, -0.2) is 128 Å². The lowest BCUT2D eigenvalue weighted by Gasteiger charge is -2.42. The van der Waals surface area contributed by atoms with E-state index in [2.05, 4.69) is 42.4 Å². The molecule has 3 aliphatic heterocycles. The standard InChI is InChI=1S/C34H44N10O4/c1-40-13-9-27(10-14-40)41-17-19-42(20-18-41)32(45)30(22-24-7-8-29-26(21-24)23-35-38-29)36-34(47)48-43-15-11-28(12-16-43)44-33(46)37-31(39-44)25-5-3-2-4-6-25/h2-8,21,23,27-28,30H,9-20,22H2,1H3,(H,35,38)(H,36,47)(H,37,39,46). The largest absolute Gasteiger partial charge is 0.426 e. The third-order valence-electron chi connectivity index (χ3n) is 10.0. The molecule has 4 aromatic rings. The summed E-state index contributed by atoms with van der Waals surface area (Å²) in [7, 11) is 2.17. The first-order valence-electron chi connectivity index (χ1n) is 17.0. The molecule has 3 aliphatic rings. The summed E-state index contributed by atoms with van der Waals surface area (Å²) in [6, 6.07) is 15.1. The van der Waals surface area contributed by atoms with Crippen molar-refractivity contribution in [1.29, 1.82) is 0 Å². The topological polar surface area (TPSA) is 148 Å². The average Bonchev–Trinajstić information content (AvgIpc) is 3.75. The number of hydroxylamine groups is 2. The van der Waals surface area contributed by atoms with Crippen molar-refractivity contribution < 1.29 is 14.4 Å². The van der Waals surface area contributed by atoms with Crippen molar-refractivity contribution in [3.05, 3.63) is 70.8 Å². The quantitative estimate of drug-likeness (QED) is 0.260. The number of piperidine rings is 2. The predicted octanol–water partition coefficient (Wildman–Crippen LogP) is 2.24. The Labute approximate surface area is 279 Å². The molecule has 2 amide bonds. The molecule has 2 aromatic carbocycles. The maximum atomic E-state index is 14.0. The molecular formula is C34H44N10O4. The molecule has 0 aliphatic carbocycles. The summed E-state index contributed by atoms with van der Waals surface area (Å²) in [5.41, 5.74) is 2.43. The van der Waals surface area contributed by atoms with Crippen LogP contribution in [0.25, 0.3) is 22.3 Å². The molecule has 3 fully saturated rings. The third kappa shape index (κ3) is 7.30. The van der Waals surface area contributed by atoms with E-state index in [-0.39, 0.29) is 17.6 Å². The van der Waals surface area contributed by atoms with E-state index >= 15 is 0 Å². The van der Waals surface area contributed by atoms with Crippen molar-refractivity contribution in [2.45, 2.75) is 50.2 Å². The Bertz CT molecular complexity index is 1750. The Balaban J connectivity index is 0.966. The minimum Gasteiger partial charge on any atom is -0.351 e. The molecule has 5 heterocycles. The van der Waals surface area contributed by atoms with Crippen LogP contribution >= 0.6 is 0 Å². The van der Waals surface area contributed by atoms with Gasteiger partial charge in [-0.05, 0) is 63.5 Å². The number of piperazine rings is 1. The average molecular weight is 657 g/mol. The minimum atomic E-state index is -0.784. The van der Waals surface area contributed by atoms with Crippen LogP contribution in [-0.2, 0) is 16.1 Å². The van der Waals surface area contributed by atoms with Gasteiger partial charge in [0, 0.05) is 62.7 Å². The number of nitrogens with one attached hydrogen (secondary N) is 3. The molecule has 1 atom stereocenters. The highest BCUT2D eigenvalue weighted by molar-refractivity contribution is 5.86. The summed E-state index contributed by atoms with van der Waals surface area (Å²) in [5.74, 6) is 0.428. The van der Waals surface area contributed by atoms with Gasteiger partial charge in [-0.15, -0.1) is 10.2 Å². The highest BCUT2D eigenvalue weighted by atomic mass is 16.7. The van der Waals surface area contributed by atoms with Gasteiger partial charge in [-0.1, -0.05) is 36.4 Å². The molecule has 1 unspecified atom stereocenters. The fourth-order valence-electron chi connectivity index (χ4n) is 7.22. The van der Waals surface area contributed by atoms with Crippen LogP contribution in [0.4, 0.5) is 4.79 Å². The number of rotatable bonds is 8. The number of hydrogen-bond acceptors (Lipinski definition) is 9. The van der Waals surface area contributed by atoms with Gasteiger partial charge in [0.15, 0.2) is 5.82 Å². The van der Waals surface area contributed by atoms with Crippen LogP contribution in [0.1, 0.15) is 37.3 Å². The Morgan fingerprint density at radius 2 is 1.67 bits per heavy atom. The van der Waals surface area contributed by atoms with Crippen LogP contribution in [0, 0.1) is 0 Å². The predicted molar refractivity (Wildman–Crippen MR) is 180 cm³/mol. The lowest BCUT2D eigenvalue weighted by molar-refractivity contribution is -0.137. The molecule has 254 valence electrons. The van der Waals surface area contributed by atoms with Gasteiger partial charge in [0.25, 0.3) is 0 Å². The number of H-pyrrole nitrogens is 2. The second-order valence-corrected chi connectivity index (χ2v) is 13.2. The smallest absolute Gasteiger partial charge is 0.351 e. The fourth-order valence-corrected chi connectivity index (χ4v) is 7.22. The molecule has 0 saturated carbocycles. The molecule has 0 bridgehead atoms. The van der Waals surface area contributed by atoms with Crippen molar-refractivity contribution in [2.24, 2.45) is 0 Å². The van der Waals surface area contributed by atoms with Gasteiger partial charge in [0.2, 0.25) is 5.91 Å². The lowest BCUT2D eigenvalue weighted by atomic mass is 10.0. The maximum Gasteiger partial charge on any atom is 0.426 e. The van der Waals surface area contributed by atoms with E-state index in [1.807, 2.05) is 53.4 Å². The number of aromatic amines is 2. The molecule has 14 heteroatoms. The van der Waals surface area contributed by atoms with Crippen LogP contribution in [0.5, 0.6) is 0 Å². The minimum absolute atomic E-state index is 0.104. The molecule has 48 heavy (non-hydrogen) atoms. The zero-order valence-electron chi connectivity index (χ0n) is 27.4. The Morgan fingerprint density at radius 1 is 0.938 bits per heavy atom. The fraction of sp³-hybridized carbons (Fsp3) is 0.500. The first kappa shape index (κ1) is 32.0. The van der Waals surface area contributed by atoms with Gasteiger partial charge in [0.1, 0.15) is 6.04 Å². The summed E-state index contributed by atoms with van der Waals surface area (Å²) in [4.78, 5) is 55.3. The van der Waals surface area contributed by atoms with Gasteiger partial charge < -0.3 is 20.0 Å². The molecule has 0 radical (unpaired) electrons. The van der Waals surface area contributed by atoms with Crippen molar-refractivity contribution in [1.82, 2.24) is 50.0 Å². The van der Waals surface area contributed by atoms with Crippen LogP contribution in [0.3, 0.4) is 0 Å². The highest BCUT2D eigenvalue weighted by Gasteiger charge is 2.33. The Kier molecular flexibility index (Phi) is 9.54. The van der Waals surface area contributed by atoms with E-state index in [4.69, 9.17) is 4.84 Å². The zero-order valence-corrected chi connectivity index (χ0v) is 27.4. The molecule has 14 nitrogen and oxygen atoms in total. The highest BCUT2D eigenvalue weighted by Crippen LogP contribution is 2.23. The second kappa shape index (κ2) is 14.3. The third-order valence-corrected chi connectivity index (χ3v) is 10.0. The van der Waals surface area contributed by atoms with Crippen molar-refractivity contribution >= 4 is 22.9 Å². The lowest BCUT2D eigenvalue weighted by Crippen LogP contribution is -2.58. The SMILES string of the molecule is CN1CCC(N2CCN(C(=O)C(Cc3ccc4[nH]ncc4c3)NC(=O)ON3CCC(n4nc(-c5ccccc5)[nH]c4=O)CC3)CC2)CC1. The summed E-state index contributed by atoms with van der Waals surface area (Å²) < 4.78 is 1.50. The Hall–Kier alpha value is -4.53. The zero-order chi connectivity index (χ0) is 33.0. The maximum absolute atomic E-state index is 14.0. The monoisotopic (exact) mass is 656 g/mol. The first-order chi connectivity index (χ1) is 23.4. The van der Waals surface area contributed by atoms with Crippen LogP contribution in [0.15, 0.2) is 59.5 Å². The number of benzene rings is 2. The van der Waals surface area contributed by atoms with Gasteiger partial charge in [-0.25, -0.2) is 14.3 Å². The number of amides is 2. The first-order valence-corrected chi connectivity index (χ1v) is 17.0. The number of hydrogen-bond donors (Lipinski definition) is 3.